The lowest BCUT2D eigenvalue weighted by Crippen LogP contribution is -2.24. The summed E-state index contributed by atoms with van der Waals surface area (Å²) in [5, 5.41) is 11.3. The molecule has 1 N–H and O–H groups in total. The molecule has 1 aromatic carbocycles. The maximum absolute atomic E-state index is 12.7. The predicted octanol–water partition coefficient (Wildman–Crippen LogP) is 2.78. The Hall–Kier alpha value is -2.76. The third-order valence-corrected chi connectivity index (χ3v) is 3.82. The summed E-state index contributed by atoms with van der Waals surface area (Å²) in [4.78, 5) is 17.3. The molecule has 23 heavy (non-hydrogen) atoms. The van der Waals surface area contributed by atoms with Gasteiger partial charge in [0.05, 0.1) is 17.6 Å². The van der Waals surface area contributed by atoms with Crippen LogP contribution in [-0.2, 0) is 6.54 Å². The van der Waals surface area contributed by atoms with E-state index in [0.29, 0.717) is 17.3 Å². The summed E-state index contributed by atoms with van der Waals surface area (Å²) in [6.07, 6.45) is 0. The van der Waals surface area contributed by atoms with Crippen molar-refractivity contribution in [2.45, 2.75) is 34.2 Å². The molecule has 0 bridgehead atoms. The summed E-state index contributed by atoms with van der Waals surface area (Å²) in [5.41, 5.74) is 4.27. The molecule has 0 fully saturated rings. The molecule has 0 atom stereocenters. The second-order valence-corrected chi connectivity index (χ2v) is 5.62. The van der Waals surface area contributed by atoms with E-state index in [1.165, 1.54) is 0 Å². The lowest BCUT2D eigenvalue weighted by Gasteiger charge is -2.12. The van der Waals surface area contributed by atoms with Gasteiger partial charge in [-0.25, -0.2) is 0 Å². The number of nitrogens with zero attached hydrogens (tertiary/aromatic N) is 3. The van der Waals surface area contributed by atoms with Crippen LogP contribution in [0.4, 0.5) is 0 Å². The van der Waals surface area contributed by atoms with Crippen LogP contribution in [0.1, 0.15) is 39.0 Å². The highest BCUT2D eigenvalue weighted by Crippen LogP contribution is 2.24. The maximum atomic E-state index is 12.7. The van der Waals surface area contributed by atoms with Crippen molar-refractivity contribution in [3.63, 3.8) is 0 Å². The largest absolute Gasteiger partial charge is 0.424 e. The molecule has 0 aliphatic heterocycles. The zero-order chi connectivity index (χ0) is 16.6. The highest BCUT2D eigenvalue weighted by molar-refractivity contribution is 6.07. The van der Waals surface area contributed by atoms with Crippen LogP contribution in [0, 0.1) is 27.7 Å². The lowest BCUT2D eigenvalue weighted by atomic mass is 9.99. The van der Waals surface area contributed by atoms with E-state index in [0.717, 1.165) is 27.7 Å². The van der Waals surface area contributed by atoms with Gasteiger partial charge in [-0.3, -0.25) is 9.78 Å². The Morgan fingerprint density at radius 2 is 1.96 bits per heavy atom. The van der Waals surface area contributed by atoms with Crippen LogP contribution in [0.15, 0.2) is 22.6 Å². The van der Waals surface area contributed by atoms with Gasteiger partial charge in [0.1, 0.15) is 0 Å². The van der Waals surface area contributed by atoms with Crippen LogP contribution < -0.4 is 5.32 Å². The van der Waals surface area contributed by atoms with E-state index >= 15 is 0 Å². The minimum Gasteiger partial charge on any atom is -0.424 e. The summed E-state index contributed by atoms with van der Waals surface area (Å²) in [6.45, 7) is 7.74. The van der Waals surface area contributed by atoms with Crippen LogP contribution in [0.5, 0.6) is 0 Å². The third-order valence-electron chi connectivity index (χ3n) is 3.82. The van der Waals surface area contributed by atoms with Crippen molar-refractivity contribution >= 4 is 16.8 Å². The van der Waals surface area contributed by atoms with E-state index in [9.17, 15) is 4.79 Å². The van der Waals surface area contributed by atoms with Gasteiger partial charge in [-0.15, -0.1) is 10.2 Å². The minimum absolute atomic E-state index is 0.167. The fourth-order valence-corrected chi connectivity index (χ4v) is 2.54. The molecule has 0 aliphatic rings. The number of carbonyl (C=O) groups is 1. The number of aromatic nitrogens is 3. The molecule has 0 saturated carbocycles. The lowest BCUT2D eigenvalue weighted by molar-refractivity contribution is 0.0948. The quantitative estimate of drug-likeness (QED) is 0.804. The first-order valence-electron chi connectivity index (χ1n) is 7.40. The molecule has 1 amide bonds. The molecule has 0 saturated heterocycles. The summed E-state index contributed by atoms with van der Waals surface area (Å²) < 4.78 is 5.28. The number of rotatable bonds is 3. The Morgan fingerprint density at radius 3 is 2.65 bits per heavy atom. The fraction of sp³-hybridized carbons (Fsp3) is 0.294. The molecule has 118 valence electrons. The number of fused-ring (bicyclic) bond motifs is 1. The monoisotopic (exact) mass is 310 g/mol. The Kier molecular flexibility index (Phi) is 3.82. The Balaban J connectivity index is 1.98. The zero-order valence-corrected chi connectivity index (χ0v) is 13.6. The normalized spacial score (nSPS) is 11.0. The van der Waals surface area contributed by atoms with Crippen molar-refractivity contribution in [1.29, 1.82) is 0 Å². The van der Waals surface area contributed by atoms with Gasteiger partial charge >= 0.3 is 0 Å². The van der Waals surface area contributed by atoms with Gasteiger partial charge in [0.25, 0.3) is 5.91 Å². The number of hydrogen-bond donors (Lipinski definition) is 1. The Bertz CT molecular complexity index is 899. The van der Waals surface area contributed by atoms with Crippen LogP contribution in [0.3, 0.4) is 0 Å². The molecule has 0 unspecified atom stereocenters. The second-order valence-electron chi connectivity index (χ2n) is 5.62. The van der Waals surface area contributed by atoms with Crippen molar-refractivity contribution in [1.82, 2.24) is 20.5 Å². The Labute approximate surface area is 133 Å². The molecule has 2 aromatic heterocycles. The topological polar surface area (TPSA) is 80.9 Å². The molecule has 0 spiro atoms. The van der Waals surface area contributed by atoms with Crippen LogP contribution >= 0.6 is 0 Å². The average Bonchev–Trinajstić information content (AvgIpc) is 2.92. The second kappa shape index (κ2) is 5.79. The van der Waals surface area contributed by atoms with Crippen LogP contribution in [0.25, 0.3) is 10.9 Å². The smallest absolute Gasteiger partial charge is 0.252 e. The molecule has 2 heterocycles. The molecular weight excluding hydrogens is 292 g/mol. The van der Waals surface area contributed by atoms with E-state index in [2.05, 4.69) is 20.5 Å². The zero-order valence-electron chi connectivity index (χ0n) is 13.6. The number of benzene rings is 1. The van der Waals surface area contributed by atoms with Gasteiger partial charge in [0, 0.05) is 18.0 Å². The molecule has 0 radical (unpaired) electrons. The fourth-order valence-electron chi connectivity index (χ4n) is 2.54. The number of amides is 1. The van der Waals surface area contributed by atoms with E-state index < -0.39 is 0 Å². The van der Waals surface area contributed by atoms with E-state index in [-0.39, 0.29) is 12.5 Å². The number of pyridine rings is 1. The first-order valence-corrected chi connectivity index (χ1v) is 7.40. The first kappa shape index (κ1) is 15.1. The minimum atomic E-state index is -0.167. The van der Waals surface area contributed by atoms with Crippen LogP contribution in [0.2, 0.25) is 0 Å². The van der Waals surface area contributed by atoms with Gasteiger partial charge < -0.3 is 9.73 Å². The van der Waals surface area contributed by atoms with Gasteiger partial charge in [-0.05, 0) is 38.5 Å². The molecule has 3 aromatic rings. The summed E-state index contributed by atoms with van der Waals surface area (Å²) in [7, 11) is 0. The van der Waals surface area contributed by atoms with Crippen LogP contribution in [-0.4, -0.2) is 21.1 Å². The van der Waals surface area contributed by atoms with E-state index in [1.807, 2.05) is 39.0 Å². The van der Waals surface area contributed by atoms with Crippen molar-refractivity contribution in [3.05, 3.63) is 52.4 Å². The maximum Gasteiger partial charge on any atom is 0.252 e. The third kappa shape index (κ3) is 2.92. The highest BCUT2D eigenvalue weighted by atomic mass is 16.4. The number of nitrogens with one attached hydrogen (secondary N) is 1. The summed E-state index contributed by atoms with van der Waals surface area (Å²) >= 11 is 0. The van der Waals surface area contributed by atoms with Crippen molar-refractivity contribution in [2.75, 3.05) is 0 Å². The Morgan fingerprint density at radius 1 is 1.17 bits per heavy atom. The molecule has 6 heteroatoms. The number of carbonyl (C=O) groups excluding carboxylic acids is 1. The highest BCUT2D eigenvalue weighted by Gasteiger charge is 2.17. The van der Waals surface area contributed by atoms with Gasteiger partial charge in [0.2, 0.25) is 11.8 Å². The van der Waals surface area contributed by atoms with Gasteiger partial charge in [-0.2, -0.15) is 0 Å². The van der Waals surface area contributed by atoms with Gasteiger partial charge in [-0.1, -0.05) is 11.6 Å². The van der Waals surface area contributed by atoms with Gasteiger partial charge in [0.15, 0.2) is 0 Å². The molecule has 6 nitrogen and oxygen atoms in total. The first-order chi connectivity index (χ1) is 11.0. The molecular formula is C17H18N4O2. The van der Waals surface area contributed by atoms with E-state index in [1.54, 1.807) is 6.92 Å². The number of hydrogen-bond acceptors (Lipinski definition) is 5. The number of aryl methyl sites for hydroxylation is 3. The summed E-state index contributed by atoms with van der Waals surface area (Å²) in [5.74, 6) is 0.700. The standard InChI is InChI=1S/C17H18N4O2/c1-9-5-6-14-13(7-9)16(10(2)11(3)19-14)17(22)18-8-15-21-20-12(4)23-15/h5-7H,8H2,1-4H3,(H,18,22). The molecule has 0 aliphatic carbocycles. The SMILES string of the molecule is Cc1ccc2nc(C)c(C)c(C(=O)NCc3nnc(C)o3)c2c1. The summed E-state index contributed by atoms with van der Waals surface area (Å²) in [6, 6.07) is 5.92. The van der Waals surface area contributed by atoms with Crippen molar-refractivity contribution in [2.24, 2.45) is 0 Å². The molecule has 3 rings (SSSR count). The average molecular weight is 310 g/mol. The van der Waals surface area contributed by atoms with E-state index in [4.69, 9.17) is 4.42 Å². The van der Waals surface area contributed by atoms with Crippen molar-refractivity contribution < 1.29 is 9.21 Å². The van der Waals surface area contributed by atoms with Crippen molar-refractivity contribution in [3.8, 4) is 0 Å². The predicted molar refractivity (Wildman–Crippen MR) is 86.2 cm³/mol.